The number of carbonyl (C=O) groups is 1. The van der Waals surface area contributed by atoms with Gasteiger partial charge in [0.2, 0.25) is 0 Å². The number of aromatic carboxylic acids is 1. The van der Waals surface area contributed by atoms with Gasteiger partial charge in [0.1, 0.15) is 11.5 Å². The maximum Gasteiger partial charge on any atom is 0.336 e. The molecular weight excluding hydrogens is 378 g/mol. The predicted molar refractivity (Wildman–Crippen MR) is 92.3 cm³/mol. The highest BCUT2D eigenvalue weighted by Gasteiger charge is 2.20. The Balaban J connectivity index is 2.51. The molecule has 24 heavy (non-hydrogen) atoms. The van der Waals surface area contributed by atoms with E-state index in [9.17, 15) is 24.9 Å². The van der Waals surface area contributed by atoms with Crippen LogP contribution in [0, 0.1) is 6.92 Å². The summed E-state index contributed by atoms with van der Waals surface area (Å²) < 4.78 is 1.86. The molecule has 3 rings (SSSR count). The van der Waals surface area contributed by atoms with E-state index in [1.165, 1.54) is 22.8 Å². The summed E-state index contributed by atoms with van der Waals surface area (Å²) in [6.07, 6.45) is 0. The van der Waals surface area contributed by atoms with Gasteiger partial charge in [-0.2, -0.15) is 0 Å². The summed E-state index contributed by atoms with van der Waals surface area (Å²) in [7, 11) is 0. The lowest BCUT2D eigenvalue weighted by Gasteiger charge is -2.15. The molecule has 0 aliphatic carbocycles. The van der Waals surface area contributed by atoms with Crippen molar-refractivity contribution in [3.63, 3.8) is 0 Å². The smallest absolute Gasteiger partial charge is 0.336 e. The second-order valence-electron chi connectivity index (χ2n) is 5.28. The van der Waals surface area contributed by atoms with Crippen molar-refractivity contribution < 1.29 is 20.1 Å². The minimum absolute atomic E-state index is 0.00847. The minimum Gasteiger partial charge on any atom is -0.508 e. The van der Waals surface area contributed by atoms with Crippen LogP contribution in [0.25, 0.3) is 16.5 Å². The number of hydrogen-bond acceptors (Lipinski definition) is 4. The Kier molecular flexibility index (Phi) is 3.81. The van der Waals surface area contributed by atoms with E-state index >= 15 is 0 Å². The summed E-state index contributed by atoms with van der Waals surface area (Å²) >= 11 is 3.38. The topological polar surface area (TPSA) is 99.8 Å². The lowest BCUT2D eigenvalue weighted by atomic mass is 10.0. The van der Waals surface area contributed by atoms with Crippen LogP contribution >= 0.6 is 15.9 Å². The van der Waals surface area contributed by atoms with Gasteiger partial charge in [-0.1, -0.05) is 0 Å². The van der Waals surface area contributed by atoms with E-state index in [1.807, 2.05) is 0 Å². The number of hydrogen-bond donors (Lipinski definition) is 3. The van der Waals surface area contributed by atoms with Gasteiger partial charge in [-0.25, -0.2) is 4.79 Å². The molecule has 0 spiro atoms. The maximum absolute atomic E-state index is 13.0. The van der Waals surface area contributed by atoms with E-state index < -0.39 is 11.5 Å². The molecule has 0 saturated heterocycles. The molecule has 6 nitrogen and oxygen atoms in total. The van der Waals surface area contributed by atoms with E-state index in [4.69, 9.17) is 0 Å². The molecule has 1 heterocycles. The first-order chi connectivity index (χ1) is 11.3. The Bertz CT molecular complexity index is 1040. The van der Waals surface area contributed by atoms with Gasteiger partial charge < -0.3 is 15.3 Å². The van der Waals surface area contributed by atoms with Gasteiger partial charge in [0.05, 0.1) is 10.9 Å². The average Bonchev–Trinajstić information content (AvgIpc) is 2.53. The van der Waals surface area contributed by atoms with E-state index in [0.29, 0.717) is 21.2 Å². The van der Waals surface area contributed by atoms with Crippen LogP contribution in [0.5, 0.6) is 11.5 Å². The van der Waals surface area contributed by atoms with Gasteiger partial charge in [0.15, 0.2) is 0 Å². The Hall–Kier alpha value is -2.80. The molecular formula is C17H12BrNO5. The average molecular weight is 390 g/mol. The minimum atomic E-state index is -1.30. The zero-order chi connectivity index (χ0) is 17.6. The molecule has 122 valence electrons. The number of aromatic hydroxyl groups is 2. The molecule has 0 atom stereocenters. The number of halogens is 1. The second kappa shape index (κ2) is 5.68. The summed E-state index contributed by atoms with van der Waals surface area (Å²) in [4.78, 5) is 24.5. The summed E-state index contributed by atoms with van der Waals surface area (Å²) in [5.74, 6) is -1.48. The van der Waals surface area contributed by atoms with Crippen LogP contribution in [0.2, 0.25) is 0 Å². The van der Waals surface area contributed by atoms with Crippen molar-refractivity contribution in [3.05, 3.63) is 62.5 Å². The van der Waals surface area contributed by atoms with Crippen molar-refractivity contribution in [1.82, 2.24) is 4.57 Å². The Morgan fingerprint density at radius 3 is 2.29 bits per heavy atom. The van der Waals surface area contributed by atoms with Crippen LogP contribution in [0.4, 0.5) is 0 Å². The fraction of sp³-hybridized carbons (Fsp3) is 0.0588. The quantitative estimate of drug-likeness (QED) is 0.624. The third kappa shape index (κ3) is 2.43. The fourth-order valence-corrected chi connectivity index (χ4v) is 3.16. The van der Waals surface area contributed by atoms with Gasteiger partial charge in [0.25, 0.3) is 5.56 Å². The third-order valence-corrected chi connectivity index (χ3v) is 4.77. The number of rotatable bonds is 2. The first-order valence-corrected chi connectivity index (χ1v) is 7.71. The normalized spacial score (nSPS) is 10.9. The van der Waals surface area contributed by atoms with Gasteiger partial charge in [0, 0.05) is 21.2 Å². The molecule has 0 aliphatic rings. The molecule has 0 amide bonds. The van der Waals surface area contributed by atoms with E-state index in [1.54, 1.807) is 19.1 Å². The van der Waals surface area contributed by atoms with Gasteiger partial charge in [-0.05, 0) is 59.3 Å². The van der Waals surface area contributed by atoms with Crippen LogP contribution in [0.1, 0.15) is 16.1 Å². The molecule has 0 radical (unpaired) electrons. The first-order valence-electron chi connectivity index (χ1n) is 6.91. The van der Waals surface area contributed by atoms with Crippen LogP contribution in [-0.4, -0.2) is 25.9 Å². The number of fused-ring (bicyclic) bond motifs is 1. The second-order valence-corrected chi connectivity index (χ2v) is 6.07. The SMILES string of the molecule is Cc1c(Br)c2cc(O)cc(C(=O)O)c2c(=O)n1-c1ccc(O)cc1. The fourth-order valence-electron chi connectivity index (χ4n) is 2.67. The molecule has 3 N–H and O–H groups in total. The number of aromatic nitrogens is 1. The summed E-state index contributed by atoms with van der Waals surface area (Å²) in [5.41, 5.74) is 0.236. The Labute approximate surface area is 144 Å². The highest BCUT2D eigenvalue weighted by atomic mass is 79.9. The van der Waals surface area contributed by atoms with Gasteiger partial charge in [-0.3, -0.25) is 9.36 Å². The number of phenols is 2. The molecule has 1 aromatic heterocycles. The third-order valence-electron chi connectivity index (χ3n) is 3.77. The van der Waals surface area contributed by atoms with Crippen LogP contribution in [0.3, 0.4) is 0 Å². The van der Waals surface area contributed by atoms with Crippen molar-refractivity contribution in [2.45, 2.75) is 6.92 Å². The molecule has 0 bridgehead atoms. The van der Waals surface area contributed by atoms with Crippen molar-refractivity contribution >= 4 is 32.7 Å². The largest absolute Gasteiger partial charge is 0.508 e. The van der Waals surface area contributed by atoms with Crippen molar-refractivity contribution in [1.29, 1.82) is 0 Å². The van der Waals surface area contributed by atoms with Crippen LogP contribution < -0.4 is 5.56 Å². The number of pyridine rings is 1. The molecule has 0 fully saturated rings. The molecule has 2 aromatic carbocycles. The summed E-state index contributed by atoms with van der Waals surface area (Å²) in [5, 5.41) is 28.9. The number of benzene rings is 2. The Morgan fingerprint density at radius 2 is 1.71 bits per heavy atom. The summed E-state index contributed by atoms with van der Waals surface area (Å²) in [6.45, 7) is 1.70. The lowest BCUT2D eigenvalue weighted by molar-refractivity contribution is 0.0698. The van der Waals surface area contributed by atoms with Crippen molar-refractivity contribution in [3.8, 4) is 17.2 Å². The highest BCUT2D eigenvalue weighted by molar-refractivity contribution is 9.10. The standard InChI is InChI=1S/C17H12BrNO5/c1-8-15(18)12-6-11(21)7-13(17(23)24)14(12)16(22)19(8)9-2-4-10(20)5-3-9/h2-7,20-21H,1H3,(H,23,24). The van der Waals surface area contributed by atoms with Gasteiger partial charge >= 0.3 is 5.97 Å². The van der Waals surface area contributed by atoms with E-state index in [0.717, 1.165) is 6.07 Å². The summed E-state index contributed by atoms with van der Waals surface area (Å²) in [6, 6.07) is 8.39. The highest BCUT2D eigenvalue weighted by Crippen LogP contribution is 2.31. The van der Waals surface area contributed by atoms with Gasteiger partial charge in [-0.15, -0.1) is 0 Å². The number of nitrogens with zero attached hydrogens (tertiary/aromatic N) is 1. The zero-order valence-corrected chi connectivity index (χ0v) is 14.0. The zero-order valence-electron chi connectivity index (χ0n) is 12.4. The van der Waals surface area contributed by atoms with Crippen LogP contribution in [-0.2, 0) is 0 Å². The van der Waals surface area contributed by atoms with Crippen LogP contribution in [0.15, 0.2) is 45.7 Å². The predicted octanol–water partition coefficient (Wildman–Crippen LogP) is 3.17. The molecule has 3 aromatic rings. The lowest BCUT2D eigenvalue weighted by Crippen LogP contribution is -2.23. The number of carboxylic acid groups (broad SMARTS) is 1. The number of carboxylic acids is 1. The maximum atomic E-state index is 13.0. The Morgan fingerprint density at radius 1 is 1.08 bits per heavy atom. The molecule has 0 saturated carbocycles. The van der Waals surface area contributed by atoms with Crippen molar-refractivity contribution in [2.75, 3.05) is 0 Å². The molecule has 0 unspecified atom stereocenters. The molecule has 0 aliphatic heterocycles. The van der Waals surface area contributed by atoms with E-state index in [-0.39, 0.29) is 22.4 Å². The molecule has 7 heteroatoms. The monoisotopic (exact) mass is 389 g/mol. The first kappa shape index (κ1) is 16.1. The van der Waals surface area contributed by atoms with Crippen molar-refractivity contribution in [2.24, 2.45) is 0 Å². The number of phenolic OH excluding ortho intramolecular Hbond substituents is 2. The van der Waals surface area contributed by atoms with E-state index in [2.05, 4.69) is 15.9 Å².